The van der Waals surface area contributed by atoms with Crippen molar-refractivity contribution in [1.82, 2.24) is 19.4 Å². The van der Waals surface area contributed by atoms with E-state index in [0.717, 1.165) is 31.9 Å². The summed E-state index contributed by atoms with van der Waals surface area (Å²) in [5.74, 6) is -0.0523. The van der Waals surface area contributed by atoms with E-state index in [4.69, 9.17) is 4.42 Å². The highest BCUT2D eigenvalue weighted by Gasteiger charge is 2.34. The zero-order chi connectivity index (χ0) is 19.8. The van der Waals surface area contributed by atoms with Crippen LogP contribution in [-0.4, -0.2) is 61.0 Å². The molecule has 0 saturated carbocycles. The number of piperidine rings is 1. The van der Waals surface area contributed by atoms with Crippen molar-refractivity contribution in [3.8, 4) is 11.5 Å². The minimum Gasteiger partial charge on any atom is -0.442 e. The fraction of sp³-hybridized carbons (Fsp3) is 0.562. The van der Waals surface area contributed by atoms with E-state index >= 15 is 0 Å². The van der Waals surface area contributed by atoms with Crippen LogP contribution in [0.3, 0.4) is 0 Å². The van der Waals surface area contributed by atoms with Crippen LogP contribution in [-0.2, 0) is 16.2 Å². The van der Waals surface area contributed by atoms with Crippen LogP contribution in [0.1, 0.15) is 25.0 Å². The van der Waals surface area contributed by atoms with E-state index in [1.165, 1.54) is 23.5 Å². The quantitative estimate of drug-likeness (QED) is 0.826. The molecule has 2 aromatic heterocycles. The van der Waals surface area contributed by atoms with Crippen molar-refractivity contribution in [2.75, 3.05) is 27.2 Å². The molecule has 2 aromatic rings. The van der Waals surface area contributed by atoms with Crippen molar-refractivity contribution >= 4 is 10.0 Å². The van der Waals surface area contributed by atoms with Gasteiger partial charge < -0.3 is 9.32 Å². The topological polar surface area (TPSA) is 82.4 Å². The number of sulfonamides is 1. The Hall–Kier alpha value is -1.85. The Morgan fingerprint density at radius 1 is 1.37 bits per heavy atom. The van der Waals surface area contributed by atoms with E-state index in [-0.39, 0.29) is 22.6 Å². The van der Waals surface area contributed by atoms with Gasteiger partial charge in [0.2, 0.25) is 5.09 Å². The number of likely N-dealkylation sites (N-methyl/N-ethyl adjacent to an activating group) is 2. The van der Waals surface area contributed by atoms with E-state index in [1.807, 2.05) is 12.1 Å². The normalized spacial score (nSPS) is 19.7. The number of hydrogen-bond acceptors (Lipinski definition) is 5. The molecule has 1 saturated heterocycles. The summed E-state index contributed by atoms with van der Waals surface area (Å²) in [4.78, 5) is 2.13. The average Bonchev–Trinajstić information content (AvgIpc) is 3.25. The van der Waals surface area contributed by atoms with Gasteiger partial charge in [0.05, 0.1) is 0 Å². The number of hydrogen-bond donors (Lipinski definition) is 1. The Bertz CT molecular complexity index is 891. The predicted octanol–water partition coefficient (Wildman–Crippen LogP) is 2.79. The molecule has 0 spiro atoms. The molecule has 0 amide bonds. The summed E-state index contributed by atoms with van der Waals surface area (Å²) in [6.45, 7) is 1.24. The van der Waals surface area contributed by atoms with Gasteiger partial charge in [0, 0.05) is 19.6 Å². The van der Waals surface area contributed by atoms with Gasteiger partial charge in [-0.25, -0.2) is 8.42 Å². The molecular weight excluding hydrogens is 385 g/mol. The number of nitrogens with zero attached hydrogens (tertiary/aromatic N) is 3. The molecule has 11 heteroatoms. The molecule has 1 N–H and O–H groups in total. The smallest absolute Gasteiger partial charge is 0.432 e. The third kappa shape index (κ3) is 4.19. The van der Waals surface area contributed by atoms with Gasteiger partial charge in [0.15, 0.2) is 5.76 Å². The first-order valence-electron chi connectivity index (χ1n) is 8.48. The van der Waals surface area contributed by atoms with Crippen molar-refractivity contribution in [2.45, 2.75) is 36.6 Å². The van der Waals surface area contributed by atoms with Crippen molar-refractivity contribution < 1.29 is 26.0 Å². The highest BCUT2D eigenvalue weighted by molar-refractivity contribution is 7.89. The van der Waals surface area contributed by atoms with Gasteiger partial charge in [-0.15, -0.1) is 0 Å². The van der Waals surface area contributed by atoms with Crippen LogP contribution < -0.4 is 0 Å². The zero-order valence-electron chi connectivity index (χ0n) is 15.0. The van der Waals surface area contributed by atoms with Crippen LogP contribution in [0.4, 0.5) is 13.2 Å². The van der Waals surface area contributed by atoms with Crippen LogP contribution >= 0.6 is 0 Å². The average molecular weight is 406 g/mol. The Kier molecular flexibility index (Phi) is 5.37. The molecule has 3 heterocycles. The second kappa shape index (κ2) is 7.28. The van der Waals surface area contributed by atoms with E-state index < -0.39 is 21.9 Å². The van der Waals surface area contributed by atoms with Gasteiger partial charge in [-0.05, 0) is 44.6 Å². The Morgan fingerprint density at radius 3 is 2.74 bits per heavy atom. The number of likely N-dealkylation sites (tertiary alicyclic amines) is 1. The summed E-state index contributed by atoms with van der Waals surface area (Å²) in [5.41, 5.74) is -1.14. The molecule has 0 bridgehead atoms. The Balaban J connectivity index is 1.77. The number of furan rings is 1. The third-order valence-corrected chi connectivity index (χ3v) is 6.47. The first-order valence-corrected chi connectivity index (χ1v) is 9.92. The van der Waals surface area contributed by atoms with Gasteiger partial charge in [0.25, 0.3) is 10.0 Å². The highest BCUT2D eigenvalue weighted by Crippen LogP contribution is 2.31. The van der Waals surface area contributed by atoms with Crippen LogP contribution in [0.2, 0.25) is 0 Å². The van der Waals surface area contributed by atoms with E-state index in [2.05, 4.69) is 10.00 Å². The van der Waals surface area contributed by atoms with E-state index in [0.29, 0.717) is 6.54 Å². The molecule has 3 rings (SSSR count). The van der Waals surface area contributed by atoms with Crippen LogP contribution in [0.25, 0.3) is 11.5 Å². The molecule has 0 aliphatic carbocycles. The monoisotopic (exact) mass is 406 g/mol. The van der Waals surface area contributed by atoms with E-state index in [9.17, 15) is 21.6 Å². The lowest BCUT2D eigenvalue weighted by Crippen LogP contribution is -2.45. The van der Waals surface area contributed by atoms with Gasteiger partial charge in [-0.2, -0.15) is 22.6 Å². The number of halogens is 3. The lowest BCUT2D eigenvalue weighted by Gasteiger charge is -2.34. The zero-order valence-corrected chi connectivity index (χ0v) is 15.8. The first kappa shape index (κ1) is 19.9. The van der Waals surface area contributed by atoms with Gasteiger partial charge in [0.1, 0.15) is 11.4 Å². The fourth-order valence-corrected chi connectivity index (χ4v) is 4.22. The minimum atomic E-state index is -4.57. The van der Waals surface area contributed by atoms with Crippen molar-refractivity contribution in [2.24, 2.45) is 0 Å². The maximum Gasteiger partial charge on any atom is 0.432 e. The number of nitrogens with one attached hydrogen (secondary N) is 1. The number of H-pyrrole nitrogens is 1. The van der Waals surface area contributed by atoms with Crippen molar-refractivity contribution in [1.29, 1.82) is 0 Å². The number of aromatic nitrogens is 2. The molecular formula is C16H21F3N4O3S. The Labute approximate surface area is 155 Å². The fourth-order valence-electron chi connectivity index (χ4n) is 3.11. The highest BCUT2D eigenvalue weighted by atomic mass is 32.2. The predicted molar refractivity (Wildman–Crippen MR) is 91.4 cm³/mol. The molecule has 1 aliphatic heterocycles. The molecule has 150 valence electrons. The van der Waals surface area contributed by atoms with Crippen molar-refractivity contribution in [3.63, 3.8) is 0 Å². The maximum absolute atomic E-state index is 12.7. The lowest BCUT2D eigenvalue weighted by molar-refractivity contribution is -0.141. The largest absolute Gasteiger partial charge is 0.442 e. The number of alkyl halides is 3. The molecule has 0 radical (unpaired) electrons. The van der Waals surface area contributed by atoms with Gasteiger partial charge >= 0.3 is 6.18 Å². The van der Waals surface area contributed by atoms with Crippen molar-refractivity contribution in [3.05, 3.63) is 23.9 Å². The molecule has 0 aromatic carbocycles. The van der Waals surface area contributed by atoms with E-state index in [1.54, 1.807) is 0 Å². The summed E-state index contributed by atoms with van der Waals surface area (Å²) < 4.78 is 70.0. The standard InChI is InChI=1S/C16H21F3N4O3S/c1-22-8-4-3-5-11(22)10-23(2)27(24,25)15-7-6-13(26-15)12-9-14(21-20-12)16(17,18)19/h6-7,9,11H,3-5,8,10H2,1-2H3,(H,20,21). The van der Waals surface area contributed by atoms with Gasteiger partial charge in [-0.1, -0.05) is 6.42 Å². The molecule has 1 aliphatic rings. The summed E-state index contributed by atoms with van der Waals surface area (Å²) >= 11 is 0. The second-order valence-corrected chi connectivity index (χ2v) is 8.67. The molecule has 1 fully saturated rings. The maximum atomic E-state index is 12.7. The minimum absolute atomic E-state index is 0.0523. The van der Waals surface area contributed by atoms with Crippen LogP contribution in [0, 0.1) is 0 Å². The third-order valence-electron chi connectivity index (χ3n) is 4.77. The SMILES string of the molecule is CN1CCCCC1CN(C)S(=O)(=O)c1ccc(-c2cc(C(F)(F)F)[nH]n2)o1. The van der Waals surface area contributed by atoms with Crippen LogP contribution in [0.15, 0.2) is 27.7 Å². The summed E-state index contributed by atoms with van der Waals surface area (Å²) in [7, 11) is -0.459. The first-order chi connectivity index (χ1) is 12.6. The molecule has 1 atom stereocenters. The van der Waals surface area contributed by atoms with Crippen LogP contribution in [0.5, 0.6) is 0 Å². The summed E-state index contributed by atoms with van der Waals surface area (Å²) in [6.07, 6.45) is -1.52. The second-order valence-electron chi connectivity index (χ2n) is 6.70. The number of aromatic amines is 1. The lowest BCUT2D eigenvalue weighted by atomic mass is 10.0. The number of rotatable bonds is 5. The summed E-state index contributed by atoms with van der Waals surface area (Å²) in [6, 6.07) is 3.42. The molecule has 27 heavy (non-hydrogen) atoms. The Morgan fingerprint density at radius 2 is 2.11 bits per heavy atom. The molecule has 1 unspecified atom stereocenters. The van der Waals surface area contributed by atoms with Gasteiger partial charge in [-0.3, -0.25) is 5.10 Å². The molecule has 7 nitrogen and oxygen atoms in total. The summed E-state index contributed by atoms with van der Waals surface area (Å²) in [5, 5.41) is 5.09.